The van der Waals surface area contributed by atoms with E-state index in [2.05, 4.69) is 5.32 Å². The van der Waals surface area contributed by atoms with Crippen LogP contribution in [0.25, 0.3) is 11.8 Å². The molecule has 4 rings (SSSR count). The van der Waals surface area contributed by atoms with Crippen molar-refractivity contribution in [2.24, 2.45) is 0 Å². The van der Waals surface area contributed by atoms with Crippen molar-refractivity contribution in [3.63, 3.8) is 0 Å². The number of aromatic nitrogens is 1. The summed E-state index contributed by atoms with van der Waals surface area (Å²) in [4.78, 5) is 39.1. The Morgan fingerprint density at radius 3 is 2.46 bits per heavy atom. The number of anilines is 1. The van der Waals surface area contributed by atoms with E-state index < -0.39 is 17.8 Å². The Kier molecular flexibility index (Phi) is 7.06. The predicted molar refractivity (Wildman–Crippen MR) is 143 cm³/mol. The number of carbonyl (C=O) groups is 3. The minimum absolute atomic E-state index is 0.0361. The van der Waals surface area contributed by atoms with Crippen LogP contribution in [0.2, 0.25) is 5.02 Å². The van der Waals surface area contributed by atoms with E-state index in [0.717, 1.165) is 5.69 Å². The van der Waals surface area contributed by atoms with Gasteiger partial charge in [0.25, 0.3) is 11.8 Å². The van der Waals surface area contributed by atoms with Gasteiger partial charge in [0.2, 0.25) is 0 Å². The van der Waals surface area contributed by atoms with Crippen molar-refractivity contribution in [1.29, 1.82) is 0 Å². The molecule has 190 valence electrons. The van der Waals surface area contributed by atoms with Crippen LogP contribution in [0.3, 0.4) is 0 Å². The molecule has 1 aliphatic heterocycles. The van der Waals surface area contributed by atoms with Crippen LogP contribution in [0.1, 0.15) is 27.3 Å². The number of amides is 2. The molecule has 2 amide bonds. The topological polar surface area (TPSA) is 110 Å². The quantitative estimate of drug-likeness (QED) is 0.273. The second kappa shape index (κ2) is 10.1. The lowest BCUT2D eigenvalue weighted by Crippen LogP contribution is -2.54. The average molecular weight is 540 g/mol. The average Bonchev–Trinajstić information content (AvgIpc) is 3.14. The van der Waals surface area contributed by atoms with Gasteiger partial charge in [-0.3, -0.25) is 14.9 Å². The zero-order chi connectivity index (χ0) is 27.0. The Labute approximate surface area is 222 Å². The minimum Gasteiger partial charge on any atom is -0.497 e. The van der Waals surface area contributed by atoms with E-state index in [0.29, 0.717) is 34.1 Å². The maximum Gasteiger partial charge on any atom is 0.337 e. The Hall–Kier alpha value is -4.15. The molecule has 2 aromatic carbocycles. The van der Waals surface area contributed by atoms with Crippen LogP contribution < -0.4 is 19.7 Å². The molecule has 2 heterocycles. The number of benzene rings is 2. The molecule has 9 nitrogen and oxygen atoms in total. The summed E-state index contributed by atoms with van der Waals surface area (Å²) in [7, 11) is 2.96. The van der Waals surface area contributed by atoms with E-state index in [1.54, 1.807) is 37.3 Å². The minimum atomic E-state index is -1.15. The SMILES string of the molecule is COc1ccc(N2C(=O)/C(=C/c3cc(C)n(-c4ccc(Cl)c(C(=O)O)c4)c3C)C(=O)NC2=S)c(OC)c1. The molecule has 0 saturated carbocycles. The van der Waals surface area contributed by atoms with Crippen molar-refractivity contribution < 1.29 is 29.0 Å². The number of aryl methyl sites for hydroxylation is 1. The Bertz CT molecular complexity index is 1510. The van der Waals surface area contributed by atoms with Gasteiger partial charge >= 0.3 is 5.97 Å². The Balaban J connectivity index is 1.78. The summed E-state index contributed by atoms with van der Waals surface area (Å²) in [5.74, 6) is -1.55. The van der Waals surface area contributed by atoms with Gasteiger partial charge in [0.15, 0.2) is 5.11 Å². The number of hydrogen-bond donors (Lipinski definition) is 2. The first-order chi connectivity index (χ1) is 17.6. The predicted octanol–water partition coefficient (Wildman–Crippen LogP) is 4.29. The van der Waals surface area contributed by atoms with E-state index >= 15 is 0 Å². The highest BCUT2D eigenvalue weighted by Crippen LogP contribution is 2.35. The van der Waals surface area contributed by atoms with E-state index in [1.807, 2.05) is 11.5 Å². The monoisotopic (exact) mass is 539 g/mol. The van der Waals surface area contributed by atoms with E-state index in [1.165, 1.54) is 37.3 Å². The van der Waals surface area contributed by atoms with Crippen molar-refractivity contribution in [2.75, 3.05) is 19.1 Å². The number of carbonyl (C=O) groups excluding carboxylic acids is 2. The molecular formula is C26H22ClN3O6S. The van der Waals surface area contributed by atoms with Crippen molar-refractivity contribution in [3.05, 3.63) is 75.6 Å². The first-order valence-corrected chi connectivity index (χ1v) is 11.7. The maximum absolute atomic E-state index is 13.5. The van der Waals surface area contributed by atoms with Crippen molar-refractivity contribution in [1.82, 2.24) is 9.88 Å². The number of aromatic carboxylic acids is 1. The number of nitrogens with one attached hydrogen (secondary N) is 1. The standard InChI is InChI=1S/C26H22ClN3O6S/c1-13-9-15(14(2)29(13)16-5-7-20(27)18(11-16)25(33)34)10-19-23(31)28-26(37)30(24(19)32)21-8-6-17(35-3)12-22(21)36-4/h5-12H,1-4H3,(H,33,34)(H,28,31,37)/b19-10+. The molecule has 11 heteroatoms. The van der Waals surface area contributed by atoms with E-state index in [4.69, 9.17) is 33.3 Å². The smallest absolute Gasteiger partial charge is 0.337 e. The molecule has 0 unspecified atom stereocenters. The Morgan fingerprint density at radius 1 is 1.08 bits per heavy atom. The number of ether oxygens (including phenoxy) is 2. The highest BCUT2D eigenvalue weighted by Gasteiger charge is 2.36. The van der Waals surface area contributed by atoms with Crippen molar-refractivity contribution in [3.8, 4) is 17.2 Å². The van der Waals surface area contributed by atoms with Crippen molar-refractivity contribution >= 4 is 58.5 Å². The zero-order valence-electron chi connectivity index (χ0n) is 20.3. The highest BCUT2D eigenvalue weighted by atomic mass is 35.5. The number of halogens is 1. The molecule has 0 bridgehead atoms. The summed E-state index contributed by atoms with van der Waals surface area (Å²) in [6, 6.07) is 11.3. The van der Waals surface area contributed by atoms with Gasteiger partial charge in [-0.1, -0.05) is 11.6 Å². The van der Waals surface area contributed by atoms with Crippen LogP contribution in [0, 0.1) is 13.8 Å². The molecule has 0 aliphatic carbocycles. The summed E-state index contributed by atoms with van der Waals surface area (Å²) in [6.07, 6.45) is 1.48. The van der Waals surface area contributed by atoms with Gasteiger partial charge in [-0.25, -0.2) is 9.69 Å². The lowest BCUT2D eigenvalue weighted by Gasteiger charge is -2.30. The number of methoxy groups -OCH3 is 2. The first kappa shape index (κ1) is 25.9. The normalized spacial score (nSPS) is 14.7. The second-order valence-electron chi connectivity index (χ2n) is 8.13. The fraction of sp³-hybridized carbons (Fsp3) is 0.154. The molecule has 1 aromatic heterocycles. The molecule has 0 radical (unpaired) electrons. The molecule has 3 aromatic rings. The molecule has 37 heavy (non-hydrogen) atoms. The maximum atomic E-state index is 13.5. The first-order valence-electron chi connectivity index (χ1n) is 10.9. The molecule has 2 N–H and O–H groups in total. The van der Waals surface area contributed by atoms with Gasteiger partial charge in [-0.15, -0.1) is 0 Å². The van der Waals surface area contributed by atoms with Crippen LogP contribution >= 0.6 is 23.8 Å². The van der Waals surface area contributed by atoms with E-state index in [-0.39, 0.29) is 21.3 Å². The number of hydrogen-bond acceptors (Lipinski definition) is 6. The van der Waals surface area contributed by atoms with Crippen LogP contribution in [0.4, 0.5) is 5.69 Å². The van der Waals surface area contributed by atoms with Crippen LogP contribution in [-0.2, 0) is 9.59 Å². The van der Waals surface area contributed by atoms with E-state index in [9.17, 15) is 19.5 Å². The van der Waals surface area contributed by atoms with Gasteiger partial charge < -0.3 is 19.1 Å². The fourth-order valence-electron chi connectivity index (χ4n) is 4.15. The van der Waals surface area contributed by atoms with Gasteiger partial charge in [0, 0.05) is 23.1 Å². The molecule has 1 aliphatic rings. The Morgan fingerprint density at radius 2 is 1.81 bits per heavy atom. The number of carboxylic acids is 1. The van der Waals surface area contributed by atoms with Gasteiger partial charge in [-0.2, -0.15) is 0 Å². The summed E-state index contributed by atoms with van der Waals surface area (Å²) in [5.41, 5.74) is 2.79. The molecule has 1 saturated heterocycles. The largest absolute Gasteiger partial charge is 0.497 e. The van der Waals surface area contributed by atoms with Crippen LogP contribution in [-0.4, -0.2) is 46.8 Å². The van der Waals surface area contributed by atoms with Crippen LogP contribution in [0.15, 0.2) is 48.0 Å². The molecular weight excluding hydrogens is 518 g/mol. The summed E-state index contributed by atoms with van der Waals surface area (Å²) in [6.45, 7) is 3.63. The summed E-state index contributed by atoms with van der Waals surface area (Å²) >= 11 is 11.3. The second-order valence-corrected chi connectivity index (χ2v) is 8.92. The molecule has 0 atom stereocenters. The number of carboxylic acid groups (broad SMARTS) is 1. The number of nitrogens with zero attached hydrogens (tertiary/aromatic N) is 2. The lowest BCUT2D eigenvalue weighted by atomic mass is 10.1. The zero-order valence-corrected chi connectivity index (χ0v) is 21.9. The number of rotatable bonds is 6. The van der Waals surface area contributed by atoms with Gasteiger partial charge in [0.05, 0.1) is 30.5 Å². The summed E-state index contributed by atoms with van der Waals surface area (Å²) < 4.78 is 12.5. The van der Waals surface area contributed by atoms with Gasteiger partial charge in [-0.05, 0) is 74.1 Å². The fourth-order valence-corrected chi connectivity index (χ4v) is 4.62. The third-order valence-electron chi connectivity index (χ3n) is 5.94. The van der Waals surface area contributed by atoms with Gasteiger partial charge in [0.1, 0.15) is 17.1 Å². The lowest BCUT2D eigenvalue weighted by molar-refractivity contribution is -0.122. The molecule has 1 fully saturated rings. The number of thiocarbonyl (C=S) groups is 1. The molecule has 0 spiro atoms. The third kappa shape index (κ3) is 4.68. The highest BCUT2D eigenvalue weighted by molar-refractivity contribution is 7.80. The third-order valence-corrected chi connectivity index (χ3v) is 6.55. The van der Waals surface area contributed by atoms with Crippen molar-refractivity contribution in [2.45, 2.75) is 13.8 Å². The van der Waals surface area contributed by atoms with Crippen LogP contribution in [0.5, 0.6) is 11.5 Å². The summed E-state index contributed by atoms with van der Waals surface area (Å²) in [5, 5.41) is 12.0.